The molecular formula is C14H20N2O2S2. The third kappa shape index (κ3) is 2.82. The van der Waals surface area contributed by atoms with Gasteiger partial charge in [-0.1, -0.05) is 12.8 Å². The summed E-state index contributed by atoms with van der Waals surface area (Å²) in [5, 5.41) is 0. The molecule has 0 radical (unpaired) electrons. The van der Waals surface area contributed by atoms with Crippen molar-refractivity contribution < 1.29 is 9.53 Å². The first-order valence-corrected chi connectivity index (χ1v) is 8.47. The lowest BCUT2D eigenvalue weighted by molar-refractivity contribution is -0.148. The normalized spacial score (nSPS) is 26.4. The first-order valence-electron chi connectivity index (χ1n) is 7.25. The number of H-pyrrole nitrogens is 1. The Balaban J connectivity index is 1.72. The molecular weight excluding hydrogens is 292 g/mol. The molecule has 1 amide bonds. The number of rotatable bonds is 2. The van der Waals surface area contributed by atoms with Crippen molar-refractivity contribution in [2.45, 2.75) is 51.2 Å². The number of thiazole rings is 1. The average Bonchev–Trinajstić information content (AvgIpc) is 2.76. The van der Waals surface area contributed by atoms with Gasteiger partial charge < -0.3 is 14.6 Å². The minimum atomic E-state index is 0.221. The number of carbonyl (C=O) groups excluding carboxylic acids is 1. The van der Waals surface area contributed by atoms with Crippen molar-refractivity contribution in [2.24, 2.45) is 0 Å². The number of nitrogens with zero attached hydrogens (tertiary/aromatic N) is 1. The fourth-order valence-electron chi connectivity index (χ4n) is 3.25. The molecule has 3 rings (SSSR count). The lowest BCUT2D eigenvalue weighted by atomic mass is 9.90. The number of carbonyl (C=O) groups is 1. The molecule has 2 heterocycles. The highest BCUT2D eigenvalue weighted by Crippen LogP contribution is 2.29. The third-order valence-electron chi connectivity index (χ3n) is 4.29. The lowest BCUT2D eigenvalue weighted by Gasteiger charge is -2.43. The van der Waals surface area contributed by atoms with Crippen molar-refractivity contribution >= 4 is 29.5 Å². The van der Waals surface area contributed by atoms with Crippen molar-refractivity contribution in [1.82, 2.24) is 9.88 Å². The molecule has 1 aromatic rings. The van der Waals surface area contributed by atoms with E-state index in [4.69, 9.17) is 17.0 Å². The Morgan fingerprint density at radius 1 is 1.50 bits per heavy atom. The summed E-state index contributed by atoms with van der Waals surface area (Å²) in [4.78, 5) is 18.8. The smallest absolute Gasteiger partial charge is 0.228 e. The van der Waals surface area contributed by atoms with E-state index in [1.165, 1.54) is 24.2 Å². The van der Waals surface area contributed by atoms with Crippen molar-refractivity contribution in [2.75, 3.05) is 13.2 Å². The second-order valence-electron chi connectivity index (χ2n) is 5.59. The maximum atomic E-state index is 12.6. The average molecular weight is 312 g/mol. The molecule has 0 bridgehead atoms. The van der Waals surface area contributed by atoms with Gasteiger partial charge in [-0.05, 0) is 32.0 Å². The molecule has 20 heavy (non-hydrogen) atoms. The van der Waals surface area contributed by atoms with Gasteiger partial charge in [0.25, 0.3) is 0 Å². The van der Waals surface area contributed by atoms with Crippen LogP contribution >= 0.6 is 23.6 Å². The number of hydrogen-bond donors (Lipinski definition) is 1. The quantitative estimate of drug-likeness (QED) is 0.854. The predicted octanol–water partition coefficient (Wildman–Crippen LogP) is 2.83. The minimum Gasteiger partial charge on any atom is -0.374 e. The molecule has 1 aliphatic carbocycles. The highest BCUT2D eigenvalue weighted by molar-refractivity contribution is 7.73. The fraction of sp³-hybridized carbons (Fsp3) is 0.714. The molecule has 0 unspecified atom stereocenters. The zero-order chi connectivity index (χ0) is 14.1. The van der Waals surface area contributed by atoms with Crippen LogP contribution in [-0.2, 0) is 16.0 Å². The van der Waals surface area contributed by atoms with Gasteiger partial charge in [0, 0.05) is 17.1 Å². The SMILES string of the molecule is Cc1[nH]c(=S)sc1CC(=O)N1CCO[C@@H]2CCCC[C@@H]21. The maximum absolute atomic E-state index is 12.6. The summed E-state index contributed by atoms with van der Waals surface area (Å²) in [6.45, 7) is 3.39. The monoisotopic (exact) mass is 312 g/mol. The Hall–Kier alpha value is -0.720. The fourth-order valence-corrected chi connectivity index (χ4v) is 4.53. The standard InChI is InChI=1S/C14H20N2O2S2/c1-9-12(20-14(19)15-9)8-13(17)16-6-7-18-11-5-3-2-4-10(11)16/h10-11H,2-8H2,1H3,(H,15,19)/t10-,11+/m0/s1. The van der Waals surface area contributed by atoms with Crippen molar-refractivity contribution in [1.29, 1.82) is 0 Å². The van der Waals surface area contributed by atoms with E-state index in [1.807, 2.05) is 6.92 Å². The molecule has 4 nitrogen and oxygen atoms in total. The van der Waals surface area contributed by atoms with Gasteiger partial charge in [0.2, 0.25) is 5.91 Å². The Morgan fingerprint density at radius 2 is 2.30 bits per heavy atom. The van der Waals surface area contributed by atoms with Crippen LogP contribution in [0.15, 0.2) is 0 Å². The van der Waals surface area contributed by atoms with Gasteiger partial charge in [-0.3, -0.25) is 4.79 Å². The van der Waals surface area contributed by atoms with Crippen molar-refractivity contribution in [3.05, 3.63) is 14.5 Å². The van der Waals surface area contributed by atoms with Crippen LogP contribution in [0.2, 0.25) is 0 Å². The molecule has 2 aliphatic rings. The highest BCUT2D eigenvalue weighted by atomic mass is 32.1. The number of amides is 1. The summed E-state index contributed by atoms with van der Waals surface area (Å²) in [6, 6.07) is 0.289. The number of aryl methyl sites for hydroxylation is 1. The van der Waals surface area contributed by atoms with Gasteiger partial charge >= 0.3 is 0 Å². The number of fused-ring (bicyclic) bond motifs is 1. The number of aromatic nitrogens is 1. The van der Waals surface area contributed by atoms with Crippen LogP contribution in [0.4, 0.5) is 0 Å². The molecule has 1 saturated carbocycles. The molecule has 1 saturated heterocycles. The molecule has 2 fully saturated rings. The Labute approximate surface area is 128 Å². The topological polar surface area (TPSA) is 45.3 Å². The van der Waals surface area contributed by atoms with Gasteiger partial charge in [-0.25, -0.2) is 0 Å². The molecule has 110 valence electrons. The van der Waals surface area contributed by atoms with Crippen LogP contribution in [0.3, 0.4) is 0 Å². The van der Waals surface area contributed by atoms with Gasteiger partial charge in [-0.15, -0.1) is 11.3 Å². The van der Waals surface area contributed by atoms with Crippen LogP contribution in [0.5, 0.6) is 0 Å². The molecule has 1 N–H and O–H groups in total. The predicted molar refractivity (Wildman–Crippen MR) is 81.7 cm³/mol. The molecule has 0 aromatic carbocycles. The van der Waals surface area contributed by atoms with Crippen LogP contribution in [0.25, 0.3) is 0 Å². The Kier molecular flexibility index (Phi) is 4.23. The van der Waals surface area contributed by atoms with Gasteiger partial charge in [0.15, 0.2) is 3.95 Å². The minimum absolute atomic E-state index is 0.221. The Bertz CT molecular complexity index is 550. The second kappa shape index (κ2) is 5.95. The van der Waals surface area contributed by atoms with Gasteiger partial charge in [-0.2, -0.15) is 0 Å². The second-order valence-corrected chi connectivity index (χ2v) is 7.36. The number of aromatic amines is 1. The van der Waals surface area contributed by atoms with E-state index >= 15 is 0 Å². The van der Waals surface area contributed by atoms with Crippen LogP contribution in [-0.4, -0.2) is 41.1 Å². The summed E-state index contributed by atoms with van der Waals surface area (Å²) in [7, 11) is 0. The van der Waals surface area contributed by atoms with E-state index in [0.717, 1.165) is 33.9 Å². The van der Waals surface area contributed by atoms with E-state index < -0.39 is 0 Å². The molecule has 1 aromatic heterocycles. The van der Waals surface area contributed by atoms with Crippen LogP contribution in [0, 0.1) is 10.9 Å². The summed E-state index contributed by atoms with van der Waals surface area (Å²) < 4.78 is 6.58. The zero-order valence-corrected chi connectivity index (χ0v) is 13.3. The molecule has 6 heteroatoms. The Morgan fingerprint density at radius 3 is 3.05 bits per heavy atom. The third-order valence-corrected chi connectivity index (χ3v) is 5.62. The number of morpholine rings is 1. The van der Waals surface area contributed by atoms with E-state index in [9.17, 15) is 4.79 Å². The lowest BCUT2D eigenvalue weighted by Crippen LogP contribution is -2.55. The summed E-state index contributed by atoms with van der Waals surface area (Å²) >= 11 is 6.66. The van der Waals surface area contributed by atoms with Gasteiger partial charge in [0.05, 0.1) is 25.2 Å². The number of nitrogens with one attached hydrogen (secondary N) is 1. The maximum Gasteiger partial charge on any atom is 0.228 e. The van der Waals surface area contributed by atoms with E-state index in [0.29, 0.717) is 13.0 Å². The molecule has 2 atom stereocenters. The van der Waals surface area contributed by atoms with Crippen molar-refractivity contribution in [3.8, 4) is 0 Å². The van der Waals surface area contributed by atoms with Gasteiger partial charge in [0.1, 0.15) is 0 Å². The van der Waals surface area contributed by atoms with Crippen molar-refractivity contribution in [3.63, 3.8) is 0 Å². The molecule has 1 aliphatic heterocycles. The van der Waals surface area contributed by atoms with Crippen LogP contribution in [0.1, 0.15) is 36.3 Å². The van der Waals surface area contributed by atoms with Crippen LogP contribution < -0.4 is 0 Å². The van der Waals surface area contributed by atoms with E-state index in [1.54, 1.807) is 0 Å². The summed E-state index contributed by atoms with van der Waals surface area (Å²) in [6.07, 6.45) is 5.33. The summed E-state index contributed by atoms with van der Waals surface area (Å²) in [5.74, 6) is 0.221. The summed E-state index contributed by atoms with van der Waals surface area (Å²) in [5.41, 5.74) is 1.03. The zero-order valence-electron chi connectivity index (χ0n) is 11.7. The van der Waals surface area contributed by atoms with E-state index in [-0.39, 0.29) is 18.1 Å². The first kappa shape index (κ1) is 14.2. The first-order chi connectivity index (χ1) is 9.65. The number of ether oxygens (including phenoxy) is 1. The molecule has 0 spiro atoms. The largest absolute Gasteiger partial charge is 0.374 e. The van der Waals surface area contributed by atoms with E-state index in [2.05, 4.69) is 9.88 Å². The highest BCUT2D eigenvalue weighted by Gasteiger charge is 2.36. The number of hydrogen-bond acceptors (Lipinski definition) is 4.